The van der Waals surface area contributed by atoms with Gasteiger partial charge in [0.05, 0.1) is 11.8 Å². The van der Waals surface area contributed by atoms with Crippen molar-refractivity contribution in [3.63, 3.8) is 0 Å². The van der Waals surface area contributed by atoms with E-state index in [1.54, 1.807) is 7.11 Å². The van der Waals surface area contributed by atoms with Crippen molar-refractivity contribution in [3.05, 3.63) is 18.2 Å². The van der Waals surface area contributed by atoms with Gasteiger partial charge in [0.25, 0.3) is 0 Å². The molecule has 0 fully saturated rings. The van der Waals surface area contributed by atoms with Crippen LogP contribution in [0.5, 0.6) is 5.75 Å². The maximum Gasteiger partial charge on any atom is 0.223 e. The largest absolute Gasteiger partial charge is 0.494 e. The third-order valence-corrected chi connectivity index (χ3v) is 2.82. The monoisotopic (exact) mass is 222 g/mol. The lowest BCUT2D eigenvalue weighted by atomic mass is 10.3. The van der Waals surface area contributed by atoms with E-state index >= 15 is 0 Å². The van der Waals surface area contributed by atoms with Crippen molar-refractivity contribution in [1.29, 1.82) is 0 Å². The van der Waals surface area contributed by atoms with Crippen LogP contribution in [0.1, 0.15) is 6.92 Å². The second-order valence-electron chi connectivity index (χ2n) is 3.01. The summed E-state index contributed by atoms with van der Waals surface area (Å²) in [6.07, 6.45) is 0. The molecule has 0 saturated carbocycles. The van der Waals surface area contributed by atoms with E-state index in [0.29, 0.717) is 5.13 Å². The van der Waals surface area contributed by atoms with Crippen LogP contribution in [0.3, 0.4) is 0 Å². The first kappa shape index (κ1) is 9.92. The van der Waals surface area contributed by atoms with E-state index in [0.717, 1.165) is 16.0 Å². The molecule has 4 nitrogen and oxygen atoms in total. The van der Waals surface area contributed by atoms with Gasteiger partial charge in [-0.25, -0.2) is 4.98 Å². The fourth-order valence-corrected chi connectivity index (χ4v) is 2.22. The zero-order valence-corrected chi connectivity index (χ0v) is 9.22. The number of carbonyl (C=O) groups excluding carboxylic acids is 1. The van der Waals surface area contributed by atoms with Gasteiger partial charge in [-0.3, -0.25) is 4.79 Å². The van der Waals surface area contributed by atoms with Crippen molar-refractivity contribution < 1.29 is 9.53 Å². The molecule has 0 bridgehead atoms. The summed E-state index contributed by atoms with van der Waals surface area (Å²) in [5.74, 6) is 0.605. The first-order valence-corrected chi connectivity index (χ1v) is 5.23. The smallest absolute Gasteiger partial charge is 0.223 e. The van der Waals surface area contributed by atoms with Crippen molar-refractivity contribution >= 4 is 32.6 Å². The number of hydrogen-bond acceptors (Lipinski definition) is 4. The van der Waals surface area contributed by atoms with Crippen molar-refractivity contribution in [2.24, 2.45) is 0 Å². The summed E-state index contributed by atoms with van der Waals surface area (Å²) >= 11 is 1.43. The number of amides is 1. The fourth-order valence-electron chi connectivity index (χ4n) is 1.29. The van der Waals surface area contributed by atoms with Gasteiger partial charge in [-0.05, 0) is 12.1 Å². The van der Waals surface area contributed by atoms with E-state index < -0.39 is 0 Å². The maximum absolute atomic E-state index is 10.9. The zero-order valence-electron chi connectivity index (χ0n) is 8.40. The van der Waals surface area contributed by atoms with Gasteiger partial charge in [0.2, 0.25) is 5.91 Å². The van der Waals surface area contributed by atoms with Crippen LogP contribution in [0.2, 0.25) is 0 Å². The molecule has 0 spiro atoms. The van der Waals surface area contributed by atoms with E-state index in [2.05, 4.69) is 10.3 Å². The van der Waals surface area contributed by atoms with Gasteiger partial charge >= 0.3 is 0 Å². The Kier molecular flexibility index (Phi) is 2.55. The van der Waals surface area contributed by atoms with Crippen molar-refractivity contribution in [2.45, 2.75) is 6.92 Å². The number of aromatic nitrogens is 1. The summed E-state index contributed by atoms with van der Waals surface area (Å²) in [4.78, 5) is 15.2. The summed E-state index contributed by atoms with van der Waals surface area (Å²) < 4.78 is 6.18. The highest BCUT2D eigenvalue weighted by atomic mass is 32.1. The molecule has 2 rings (SSSR count). The molecule has 1 amide bonds. The Balaban J connectivity index is 2.50. The molecule has 1 aromatic carbocycles. The van der Waals surface area contributed by atoms with Gasteiger partial charge < -0.3 is 10.1 Å². The molecule has 0 aliphatic carbocycles. The third kappa shape index (κ3) is 1.92. The predicted octanol–water partition coefficient (Wildman–Crippen LogP) is 2.26. The highest BCUT2D eigenvalue weighted by molar-refractivity contribution is 7.22. The lowest BCUT2D eigenvalue weighted by Gasteiger charge is -1.98. The topological polar surface area (TPSA) is 51.2 Å². The molecule has 0 aliphatic rings. The van der Waals surface area contributed by atoms with Crippen LogP contribution in [0.4, 0.5) is 5.13 Å². The molecular weight excluding hydrogens is 212 g/mol. The Hall–Kier alpha value is -1.62. The fraction of sp³-hybridized carbons (Fsp3) is 0.200. The number of carbonyl (C=O) groups is 1. The minimum atomic E-state index is -0.118. The normalized spacial score (nSPS) is 10.3. The molecule has 0 radical (unpaired) electrons. The minimum absolute atomic E-state index is 0.118. The summed E-state index contributed by atoms with van der Waals surface area (Å²) in [6, 6.07) is 5.69. The Morgan fingerprint density at radius 2 is 2.33 bits per heavy atom. The van der Waals surface area contributed by atoms with Gasteiger partial charge in [-0.2, -0.15) is 0 Å². The van der Waals surface area contributed by atoms with Crippen molar-refractivity contribution in [2.75, 3.05) is 12.4 Å². The molecule has 15 heavy (non-hydrogen) atoms. The van der Waals surface area contributed by atoms with Gasteiger partial charge in [-0.1, -0.05) is 17.4 Å². The summed E-state index contributed by atoms with van der Waals surface area (Å²) in [7, 11) is 1.60. The van der Waals surface area contributed by atoms with Gasteiger partial charge in [0.15, 0.2) is 5.13 Å². The molecule has 78 valence electrons. The molecule has 0 atom stereocenters. The van der Waals surface area contributed by atoms with E-state index in [9.17, 15) is 4.79 Å². The summed E-state index contributed by atoms with van der Waals surface area (Å²) in [6.45, 7) is 1.46. The van der Waals surface area contributed by atoms with Crippen molar-refractivity contribution in [3.8, 4) is 5.75 Å². The molecule has 1 heterocycles. The Labute approximate surface area is 90.9 Å². The second-order valence-corrected chi connectivity index (χ2v) is 4.04. The minimum Gasteiger partial charge on any atom is -0.494 e. The summed E-state index contributed by atoms with van der Waals surface area (Å²) in [5, 5.41) is 3.26. The van der Waals surface area contributed by atoms with E-state index in [1.165, 1.54) is 18.3 Å². The maximum atomic E-state index is 10.9. The van der Waals surface area contributed by atoms with Gasteiger partial charge in [0.1, 0.15) is 11.3 Å². The van der Waals surface area contributed by atoms with Gasteiger partial charge in [0, 0.05) is 6.92 Å². The quantitative estimate of drug-likeness (QED) is 0.848. The summed E-state index contributed by atoms with van der Waals surface area (Å²) in [5.41, 5.74) is 0.786. The lowest BCUT2D eigenvalue weighted by molar-refractivity contribution is -0.114. The first-order valence-electron chi connectivity index (χ1n) is 4.42. The molecule has 2 aromatic rings. The van der Waals surface area contributed by atoms with Gasteiger partial charge in [-0.15, -0.1) is 0 Å². The highest BCUT2D eigenvalue weighted by Crippen LogP contribution is 2.31. The van der Waals surface area contributed by atoms with E-state index in [1.807, 2.05) is 18.2 Å². The zero-order chi connectivity index (χ0) is 10.8. The molecule has 0 saturated heterocycles. The lowest BCUT2D eigenvalue weighted by Crippen LogP contribution is -2.04. The molecule has 0 aliphatic heterocycles. The van der Waals surface area contributed by atoms with Crippen LogP contribution in [-0.4, -0.2) is 18.0 Å². The number of ether oxygens (including phenoxy) is 1. The van der Waals surface area contributed by atoms with E-state index in [-0.39, 0.29) is 5.91 Å². The van der Waals surface area contributed by atoms with E-state index in [4.69, 9.17) is 4.74 Å². The standard InChI is InChI=1S/C10H10N2O2S/c1-6(13)11-10-12-9-7(14-2)4-3-5-8(9)15-10/h3-5H,1-2H3,(H,11,12,13). The van der Waals surface area contributed by atoms with Crippen LogP contribution in [0, 0.1) is 0 Å². The van der Waals surface area contributed by atoms with Crippen LogP contribution in [-0.2, 0) is 4.79 Å². The molecular formula is C10H10N2O2S. The average Bonchev–Trinajstić information content (AvgIpc) is 2.58. The first-order chi connectivity index (χ1) is 7.20. The molecule has 1 N–H and O–H groups in total. The second kappa shape index (κ2) is 3.86. The molecule has 1 aromatic heterocycles. The predicted molar refractivity (Wildman–Crippen MR) is 60.5 cm³/mol. The Morgan fingerprint density at radius 3 is 3.00 bits per heavy atom. The number of benzene rings is 1. The van der Waals surface area contributed by atoms with Crippen molar-refractivity contribution in [1.82, 2.24) is 4.98 Å². The average molecular weight is 222 g/mol. The molecule has 5 heteroatoms. The number of methoxy groups -OCH3 is 1. The van der Waals surface area contributed by atoms with Crippen LogP contribution in [0.25, 0.3) is 10.2 Å². The third-order valence-electron chi connectivity index (χ3n) is 1.88. The number of nitrogens with one attached hydrogen (secondary N) is 1. The van der Waals surface area contributed by atoms with Crippen LogP contribution in [0.15, 0.2) is 18.2 Å². The highest BCUT2D eigenvalue weighted by Gasteiger charge is 2.08. The number of rotatable bonds is 2. The molecule has 0 unspecified atom stereocenters. The Bertz CT molecular complexity index is 507. The number of nitrogens with zero attached hydrogens (tertiary/aromatic N) is 1. The van der Waals surface area contributed by atoms with Crippen LogP contribution < -0.4 is 10.1 Å². The Morgan fingerprint density at radius 1 is 1.53 bits per heavy atom. The number of anilines is 1. The number of hydrogen-bond donors (Lipinski definition) is 1. The van der Waals surface area contributed by atoms with Crippen LogP contribution >= 0.6 is 11.3 Å². The number of fused-ring (bicyclic) bond motifs is 1. The SMILES string of the molecule is COc1cccc2sc(NC(C)=O)nc12. The number of thiazole rings is 1. The number of para-hydroxylation sites is 1.